The molecule has 1 unspecified atom stereocenters. The molecule has 2 aromatic heterocycles. The highest BCUT2D eigenvalue weighted by molar-refractivity contribution is 6.35. The predicted octanol–water partition coefficient (Wildman–Crippen LogP) is 5.31. The van der Waals surface area contributed by atoms with E-state index in [0.29, 0.717) is 33.8 Å². The molecule has 0 fully saturated rings. The third-order valence-electron chi connectivity index (χ3n) is 5.51. The number of nitrogens with one attached hydrogen (secondary N) is 1. The van der Waals surface area contributed by atoms with E-state index in [9.17, 15) is 4.79 Å². The summed E-state index contributed by atoms with van der Waals surface area (Å²) in [5.74, 6) is 1.20. The topological polar surface area (TPSA) is 72.7 Å². The number of allylic oxidation sites excluding steroid dienone is 2. The first kappa shape index (κ1) is 19.3. The highest BCUT2D eigenvalue weighted by Crippen LogP contribution is 2.47. The van der Waals surface area contributed by atoms with Gasteiger partial charge < -0.3 is 5.32 Å². The van der Waals surface area contributed by atoms with E-state index in [0.717, 1.165) is 23.2 Å². The number of hydrogen-bond acceptors (Lipinski definition) is 5. The van der Waals surface area contributed by atoms with Crippen molar-refractivity contribution in [3.8, 4) is 11.4 Å². The van der Waals surface area contributed by atoms with Crippen LogP contribution >= 0.6 is 23.2 Å². The van der Waals surface area contributed by atoms with Gasteiger partial charge in [0, 0.05) is 51.3 Å². The Morgan fingerprint density at radius 3 is 2.77 bits per heavy atom. The van der Waals surface area contributed by atoms with Crippen molar-refractivity contribution in [1.29, 1.82) is 0 Å². The van der Waals surface area contributed by atoms with E-state index in [1.165, 1.54) is 0 Å². The highest BCUT2D eigenvalue weighted by Gasteiger charge is 2.42. The van der Waals surface area contributed by atoms with Crippen LogP contribution in [0.2, 0.25) is 10.0 Å². The number of ketones is 1. The summed E-state index contributed by atoms with van der Waals surface area (Å²) in [6.07, 6.45) is 4.63. The lowest BCUT2D eigenvalue weighted by atomic mass is 9.73. The van der Waals surface area contributed by atoms with Gasteiger partial charge in [-0.25, -0.2) is 4.68 Å². The molecular formula is C22H19Cl2N5O. The third kappa shape index (κ3) is 3.20. The molecular weight excluding hydrogens is 421 g/mol. The largest absolute Gasteiger partial charge is 0.328 e. The van der Waals surface area contributed by atoms with Gasteiger partial charge in [-0.15, -0.1) is 5.10 Å². The summed E-state index contributed by atoms with van der Waals surface area (Å²) >= 11 is 12.7. The van der Waals surface area contributed by atoms with Gasteiger partial charge in [0.2, 0.25) is 5.95 Å². The molecule has 1 aromatic carbocycles. The standard InChI is InChI=1S/C22H19Cl2N5O/c1-22(2)9-16-18(17(30)10-22)19(14-6-5-13(23)8-15(14)24)29-21(26-16)27-20(28-29)12-4-3-7-25-11-12/h3-8,11,19H,9-10H2,1-2H3,(H,26,27,28). The molecule has 1 aliphatic heterocycles. The zero-order chi connectivity index (χ0) is 21.0. The molecule has 0 bridgehead atoms. The fraction of sp³-hybridized carbons (Fsp3) is 0.273. The first-order valence-electron chi connectivity index (χ1n) is 9.67. The summed E-state index contributed by atoms with van der Waals surface area (Å²) in [6.45, 7) is 4.20. The maximum Gasteiger partial charge on any atom is 0.226 e. The van der Waals surface area contributed by atoms with Crippen molar-refractivity contribution in [3.63, 3.8) is 0 Å². The van der Waals surface area contributed by atoms with Gasteiger partial charge in [0.1, 0.15) is 6.04 Å². The Morgan fingerprint density at radius 1 is 1.20 bits per heavy atom. The van der Waals surface area contributed by atoms with Crippen LogP contribution in [0.15, 0.2) is 54.0 Å². The van der Waals surface area contributed by atoms with E-state index >= 15 is 0 Å². The molecule has 0 amide bonds. The lowest BCUT2D eigenvalue weighted by Gasteiger charge is -2.38. The molecule has 5 rings (SSSR count). The van der Waals surface area contributed by atoms with Gasteiger partial charge in [0.25, 0.3) is 0 Å². The van der Waals surface area contributed by atoms with Gasteiger partial charge in [-0.05, 0) is 36.1 Å². The van der Waals surface area contributed by atoms with Crippen LogP contribution in [-0.4, -0.2) is 25.5 Å². The van der Waals surface area contributed by atoms with Crippen LogP contribution in [-0.2, 0) is 4.79 Å². The Balaban J connectivity index is 1.72. The SMILES string of the molecule is CC1(C)CC(=O)C2=C(C1)Nc1nc(-c3cccnc3)nn1C2c1ccc(Cl)cc1Cl. The van der Waals surface area contributed by atoms with Gasteiger partial charge in [0.05, 0.1) is 0 Å². The Kier molecular flexibility index (Phi) is 4.45. The zero-order valence-corrected chi connectivity index (χ0v) is 18.0. The van der Waals surface area contributed by atoms with E-state index in [4.69, 9.17) is 33.3 Å². The van der Waals surface area contributed by atoms with Crippen molar-refractivity contribution in [2.24, 2.45) is 5.41 Å². The van der Waals surface area contributed by atoms with Gasteiger partial charge in [-0.1, -0.05) is 43.1 Å². The lowest BCUT2D eigenvalue weighted by Crippen LogP contribution is -2.36. The highest BCUT2D eigenvalue weighted by atomic mass is 35.5. The number of carbonyl (C=O) groups excluding carboxylic acids is 1. The molecule has 30 heavy (non-hydrogen) atoms. The molecule has 6 nitrogen and oxygen atoms in total. The minimum atomic E-state index is -0.470. The van der Waals surface area contributed by atoms with Crippen LogP contribution in [0.5, 0.6) is 0 Å². The van der Waals surface area contributed by atoms with Gasteiger partial charge in [0.15, 0.2) is 11.6 Å². The van der Waals surface area contributed by atoms with Crippen molar-refractivity contribution in [2.45, 2.75) is 32.7 Å². The fourth-order valence-corrected chi connectivity index (χ4v) is 4.75. The smallest absolute Gasteiger partial charge is 0.226 e. The third-order valence-corrected chi connectivity index (χ3v) is 6.07. The monoisotopic (exact) mass is 439 g/mol. The summed E-state index contributed by atoms with van der Waals surface area (Å²) in [5.41, 5.74) is 3.00. The predicted molar refractivity (Wildman–Crippen MR) is 117 cm³/mol. The van der Waals surface area contributed by atoms with Crippen molar-refractivity contribution >= 4 is 34.9 Å². The Hall–Kier alpha value is -2.70. The Morgan fingerprint density at radius 2 is 2.03 bits per heavy atom. The van der Waals surface area contributed by atoms with E-state index in [1.54, 1.807) is 29.2 Å². The number of carbonyl (C=O) groups is 1. The second-order valence-corrected chi connectivity index (χ2v) is 9.32. The molecule has 8 heteroatoms. The summed E-state index contributed by atoms with van der Waals surface area (Å²) in [5, 5.41) is 9.12. The van der Waals surface area contributed by atoms with Gasteiger partial charge in [-0.3, -0.25) is 9.78 Å². The zero-order valence-electron chi connectivity index (χ0n) is 16.5. The lowest BCUT2D eigenvalue weighted by molar-refractivity contribution is -0.118. The summed E-state index contributed by atoms with van der Waals surface area (Å²) in [6, 6.07) is 8.60. The summed E-state index contributed by atoms with van der Waals surface area (Å²) in [7, 11) is 0. The second kappa shape index (κ2) is 6.93. The molecule has 1 aliphatic carbocycles. The van der Waals surface area contributed by atoms with Crippen LogP contribution in [0.1, 0.15) is 38.3 Å². The normalized spacial score (nSPS) is 19.9. The molecule has 0 saturated heterocycles. The van der Waals surface area contributed by atoms with Crippen molar-refractivity contribution < 1.29 is 4.79 Å². The number of nitrogens with zero attached hydrogens (tertiary/aromatic N) is 4. The Labute approximate surface area is 183 Å². The molecule has 3 heterocycles. The molecule has 3 aromatic rings. The number of halogens is 2. The van der Waals surface area contributed by atoms with Gasteiger partial charge in [-0.2, -0.15) is 4.98 Å². The van der Waals surface area contributed by atoms with E-state index in [1.807, 2.05) is 18.2 Å². The minimum Gasteiger partial charge on any atom is -0.328 e. The average Bonchev–Trinajstić information content (AvgIpc) is 3.10. The van der Waals surface area contributed by atoms with Crippen molar-refractivity contribution in [1.82, 2.24) is 19.7 Å². The van der Waals surface area contributed by atoms with Crippen molar-refractivity contribution in [3.05, 3.63) is 69.6 Å². The summed E-state index contributed by atoms with van der Waals surface area (Å²) < 4.78 is 1.74. The first-order chi connectivity index (χ1) is 14.3. The number of fused-ring (bicyclic) bond motifs is 1. The molecule has 1 atom stereocenters. The second-order valence-electron chi connectivity index (χ2n) is 8.47. The summed E-state index contributed by atoms with van der Waals surface area (Å²) in [4.78, 5) is 22.1. The number of Topliss-reactive ketones (excluding diaryl/α,β-unsaturated/α-hetero) is 1. The number of anilines is 1. The van der Waals surface area contributed by atoms with Crippen molar-refractivity contribution in [2.75, 3.05) is 5.32 Å². The van der Waals surface area contributed by atoms with Crippen LogP contribution in [0.4, 0.5) is 5.95 Å². The van der Waals surface area contributed by atoms with E-state index in [-0.39, 0.29) is 11.2 Å². The van der Waals surface area contributed by atoms with E-state index < -0.39 is 6.04 Å². The number of pyridine rings is 1. The van der Waals surface area contributed by atoms with Crippen LogP contribution in [0, 0.1) is 5.41 Å². The molecule has 2 aliphatic rings. The number of aromatic nitrogens is 4. The fourth-order valence-electron chi connectivity index (χ4n) is 4.24. The van der Waals surface area contributed by atoms with Crippen LogP contribution in [0.25, 0.3) is 11.4 Å². The molecule has 152 valence electrons. The molecule has 0 radical (unpaired) electrons. The van der Waals surface area contributed by atoms with Crippen LogP contribution in [0.3, 0.4) is 0 Å². The van der Waals surface area contributed by atoms with Gasteiger partial charge >= 0.3 is 0 Å². The average molecular weight is 440 g/mol. The first-order valence-corrected chi connectivity index (χ1v) is 10.4. The number of benzene rings is 1. The van der Waals surface area contributed by atoms with Crippen LogP contribution < -0.4 is 5.32 Å². The minimum absolute atomic E-state index is 0.0915. The van der Waals surface area contributed by atoms with E-state index in [2.05, 4.69) is 24.1 Å². The Bertz CT molecular complexity index is 1200. The quantitative estimate of drug-likeness (QED) is 0.585. The number of rotatable bonds is 2. The maximum atomic E-state index is 13.3. The maximum absolute atomic E-state index is 13.3. The number of hydrogen-bond donors (Lipinski definition) is 1. The molecule has 0 spiro atoms. The molecule has 1 N–H and O–H groups in total. The molecule has 0 saturated carbocycles.